The number of fused-ring (bicyclic) bond motifs is 1. The maximum atomic E-state index is 10.5. The van der Waals surface area contributed by atoms with E-state index in [1.54, 1.807) is 0 Å². The zero-order valence-corrected chi connectivity index (χ0v) is 8.63. The Hall–Kier alpha value is -1.48. The molecule has 17 heavy (non-hydrogen) atoms. The third-order valence-electron chi connectivity index (χ3n) is 1.98. The minimum Gasteiger partial charge on any atom is -0.454 e. The van der Waals surface area contributed by atoms with Gasteiger partial charge in [-0.15, -0.1) is 0 Å². The van der Waals surface area contributed by atoms with Crippen LogP contribution in [-0.4, -0.2) is 18.0 Å². The van der Waals surface area contributed by atoms with Crippen molar-refractivity contribution in [3.05, 3.63) is 29.8 Å². The maximum Gasteiger partial charge on any atom is 0.231 e. The van der Waals surface area contributed by atoms with E-state index in [1.807, 2.05) is 0 Å². The van der Waals surface area contributed by atoms with Crippen molar-refractivity contribution in [3.63, 3.8) is 0 Å². The van der Waals surface area contributed by atoms with Gasteiger partial charge in [-0.3, -0.25) is 0 Å². The molecule has 0 spiro atoms. The summed E-state index contributed by atoms with van der Waals surface area (Å²) in [5.41, 5.74) is -4.23. The van der Waals surface area contributed by atoms with Crippen molar-refractivity contribution in [2.24, 2.45) is 5.41 Å². The van der Waals surface area contributed by atoms with E-state index >= 15 is 0 Å². The Bertz CT molecular complexity index is 830. The minimum absolute atomic E-state index is 0.205. The van der Waals surface area contributed by atoms with E-state index in [2.05, 4.69) is 0 Å². The molecular formula is C14H18O3. The first-order valence-corrected chi connectivity index (χ1v) is 4.65. The average molecular weight is 247 g/mol. The van der Waals surface area contributed by atoms with Crippen LogP contribution >= 0.6 is 0 Å². The highest BCUT2D eigenvalue weighted by Gasteiger charge is 2.19. The molecule has 1 unspecified atom stereocenters. The topological polar surface area (TPSA) is 38.7 Å². The summed E-state index contributed by atoms with van der Waals surface area (Å²) in [4.78, 5) is 0. The first-order chi connectivity index (χ1) is 13.4. The van der Waals surface area contributed by atoms with Gasteiger partial charge in [0, 0.05) is 12.3 Å². The molecule has 3 nitrogen and oxygen atoms in total. The highest BCUT2D eigenvalue weighted by molar-refractivity contribution is 5.56. The Morgan fingerprint density at radius 1 is 1.47 bits per heavy atom. The van der Waals surface area contributed by atoms with E-state index in [4.69, 9.17) is 27.3 Å². The van der Waals surface area contributed by atoms with E-state index in [0.29, 0.717) is 6.08 Å². The van der Waals surface area contributed by atoms with Gasteiger partial charge in [0.25, 0.3) is 0 Å². The lowest BCUT2D eigenvalue weighted by atomic mass is 9.89. The van der Waals surface area contributed by atoms with Gasteiger partial charge < -0.3 is 14.6 Å². The molecule has 0 saturated heterocycles. The highest BCUT2D eigenvalue weighted by atomic mass is 16.7. The molecule has 0 amide bonds. The summed E-state index contributed by atoms with van der Waals surface area (Å²) >= 11 is 0. The third kappa shape index (κ3) is 2.80. The lowest BCUT2D eigenvalue weighted by molar-refractivity contribution is 0.106. The van der Waals surface area contributed by atoms with Crippen molar-refractivity contribution in [1.29, 1.82) is 0 Å². The molecule has 1 heterocycles. The molecule has 1 aliphatic heterocycles. The van der Waals surface area contributed by atoms with Crippen LogP contribution in [0.1, 0.15) is 43.9 Å². The van der Waals surface area contributed by atoms with Crippen LogP contribution in [0.25, 0.3) is 6.05 Å². The normalized spacial score (nSPS) is 30.4. The zero-order chi connectivity index (χ0) is 23.4. The molecule has 0 radical (unpaired) electrons. The van der Waals surface area contributed by atoms with E-state index < -0.39 is 61.8 Å². The summed E-state index contributed by atoms with van der Waals surface area (Å²) in [6, 6.07) is -2.74. The van der Waals surface area contributed by atoms with Crippen LogP contribution in [0.3, 0.4) is 0 Å². The first-order valence-electron chi connectivity index (χ1n) is 11.2. The van der Waals surface area contributed by atoms with E-state index in [1.165, 1.54) is 0 Å². The molecule has 0 fully saturated rings. The summed E-state index contributed by atoms with van der Waals surface area (Å²) < 4.78 is 110. The summed E-state index contributed by atoms with van der Waals surface area (Å²) in [5.74, 6) is -0.462. The molecule has 1 aromatic rings. The van der Waals surface area contributed by atoms with Gasteiger partial charge in [-0.05, 0) is 23.1 Å². The van der Waals surface area contributed by atoms with Gasteiger partial charge in [-0.2, -0.15) is 0 Å². The first kappa shape index (κ1) is 3.75. The van der Waals surface area contributed by atoms with E-state index in [0.717, 1.165) is 0 Å². The highest BCUT2D eigenvalue weighted by Crippen LogP contribution is 2.33. The van der Waals surface area contributed by atoms with E-state index in [-0.39, 0.29) is 18.3 Å². The minimum atomic E-state index is -3.71. The van der Waals surface area contributed by atoms with Crippen LogP contribution in [0.15, 0.2) is 24.2 Å². The molecule has 1 N–H and O–H groups in total. The second kappa shape index (κ2) is 4.41. The Morgan fingerprint density at radius 2 is 2.24 bits per heavy atom. The molecule has 92 valence electrons. The fourth-order valence-corrected chi connectivity index (χ4v) is 1.09. The number of hydrogen-bond acceptors (Lipinski definition) is 3. The Morgan fingerprint density at radius 3 is 3.00 bits per heavy atom. The largest absolute Gasteiger partial charge is 0.454 e. The van der Waals surface area contributed by atoms with Gasteiger partial charge in [-0.1, -0.05) is 38.7 Å². The van der Waals surface area contributed by atoms with Crippen molar-refractivity contribution in [2.75, 3.05) is 6.79 Å². The van der Waals surface area contributed by atoms with Crippen molar-refractivity contribution < 1.29 is 32.4 Å². The molecule has 1 aliphatic rings. The number of aliphatic hydroxyl groups is 1. The number of benzene rings is 1. The van der Waals surface area contributed by atoms with Crippen LogP contribution in [0.5, 0.6) is 11.5 Å². The quantitative estimate of drug-likeness (QED) is 0.873. The summed E-state index contributed by atoms with van der Waals surface area (Å²) in [6.45, 7) is -11.5. The van der Waals surface area contributed by atoms with Crippen molar-refractivity contribution in [3.8, 4) is 11.5 Å². The average Bonchev–Trinajstić information content (AvgIpc) is 2.98. The van der Waals surface area contributed by atoms with Gasteiger partial charge in [0.1, 0.15) is 0 Å². The monoisotopic (exact) mass is 247 g/mol. The molecule has 0 aliphatic carbocycles. The number of ether oxygens (including phenoxy) is 2. The molecule has 1 aromatic carbocycles. The third-order valence-corrected chi connectivity index (χ3v) is 1.98. The molecule has 3 heteroatoms. The lowest BCUT2D eigenvalue weighted by Crippen LogP contribution is -2.23. The Labute approximate surface area is 120 Å². The van der Waals surface area contributed by atoms with Gasteiger partial charge in [0.05, 0.1) is 11.6 Å². The second-order valence-corrected chi connectivity index (χ2v) is 3.38. The molecule has 2 rings (SSSR count). The predicted molar refractivity (Wildman–Crippen MR) is 67.1 cm³/mol. The lowest BCUT2D eigenvalue weighted by Gasteiger charge is -2.22. The number of aliphatic hydroxyl groups excluding tert-OH is 1. The molecule has 0 saturated carbocycles. The van der Waals surface area contributed by atoms with Crippen molar-refractivity contribution in [1.82, 2.24) is 0 Å². The molecule has 0 aromatic heterocycles. The maximum absolute atomic E-state index is 10.5. The van der Waals surface area contributed by atoms with Gasteiger partial charge in [0.2, 0.25) is 6.79 Å². The summed E-state index contributed by atoms with van der Waals surface area (Å²) in [6.07, 6.45) is -2.37. The molecular weight excluding hydrogens is 216 g/mol. The fourth-order valence-electron chi connectivity index (χ4n) is 1.09. The predicted octanol–water partition coefficient (Wildman–Crippen LogP) is 2.84. The van der Waals surface area contributed by atoms with Crippen LogP contribution in [0.4, 0.5) is 0 Å². The molecule has 1 atom stereocenters. The van der Waals surface area contributed by atoms with Crippen LogP contribution in [0, 0.1) is 5.41 Å². The van der Waals surface area contributed by atoms with Crippen LogP contribution < -0.4 is 9.47 Å². The smallest absolute Gasteiger partial charge is 0.231 e. The number of hydrogen-bond donors (Lipinski definition) is 1. The SMILES string of the molecule is [2H]/C(=C\C(O)C(C([2H])([2H])[2H])(C([2H])([2H])[2H])C([2H])([2H])[2H])c1c([2H])c([2H])c2c(c1[2H])OCO2. The summed E-state index contributed by atoms with van der Waals surface area (Å²) in [7, 11) is 0. The van der Waals surface area contributed by atoms with Gasteiger partial charge in [0.15, 0.2) is 11.5 Å². The fraction of sp³-hybridized carbons (Fsp3) is 0.429. The summed E-state index contributed by atoms with van der Waals surface area (Å²) in [5, 5.41) is 10.5. The molecule has 0 bridgehead atoms. The van der Waals surface area contributed by atoms with Crippen LogP contribution in [-0.2, 0) is 0 Å². The van der Waals surface area contributed by atoms with Crippen molar-refractivity contribution in [2.45, 2.75) is 26.7 Å². The van der Waals surface area contributed by atoms with E-state index in [9.17, 15) is 5.11 Å². The number of rotatable bonds is 2. The standard InChI is InChI=1S/C14H18O3/c1-14(2,3)13(15)7-5-10-4-6-11-12(8-10)17-9-16-11/h4-8,13,15H,9H2,1-3H3/b7-5+/i1D3,2D3,3D3,4D,5D,6D,8D. The zero-order valence-electron chi connectivity index (χ0n) is 21.6. The Kier molecular flexibility index (Phi) is 0.975. The Balaban J connectivity index is 2.74. The second-order valence-electron chi connectivity index (χ2n) is 3.38. The van der Waals surface area contributed by atoms with Gasteiger partial charge >= 0.3 is 0 Å². The van der Waals surface area contributed by atoms with Gasteiger partial charge in [-0.25, -0.2) is 0 Å². The van der Waals surface area contributed by atoms with Crippen LogP contribution in [0.2, 0.25) is 0 Å². The van der Waals surface area contributed by atoms with Crippen molar-refractivity contribution >= 4 is 6.05 Å².